The number of alkyl halides is 5. The molecule has 2 atom stereocenters. The van der Waals surface area contributed by atoms with Crippen LogP contribution in [0.25, 0.3) is 11.1 Å². The molecule has 1 fully saturated rings. The zero-order chi connectivity index (χ0) is 28.2. The molecule has 1 aliphatic heterocycles. The number of aryl methyl sites for hydroxylation is 2. The molecule has 4 rings (SSSR count). The van der Waals surface area contributed by atoms with E-state index in [1.807, 2.05) is 6.92 Å². The van der Waals surface area contributed by atoms with Gasteiger partial charge in [-0.05, 0) is 67.0 Å². The molecule has 3 aromatic carbocycles. The Morgan fingerprint density at radius 3 is 2.15 bits per heavy atom. The summed E-state index contributed by atoms with van der Waals surface area (Å²) in [6.07, 6.45) is -6.43. The van der Waals surface area contributed by atoms with Crippen molar-refractivity contribution in [3.05, 3.63) is 88.7 Å². The van der Waals surface area contributed by atoms with Gasteiger partial charge in [0.05, 0.1) is 12.2 Å². The van der Waals surface area contributed by atoms with Crippen LogP contribution in [-0.4, -0.2) is 18.8 Å². The first-order chi connectivity index (χ1) is 18.5. The number of rotatable bonds is 9. The van der Waals surface area contributed by atoms with Gasteiger partial charge < -0.3 is 9.47 Å². The minimum atomic E-state index is -4.94. The summed E-state index contributed by atoms with van der Waals surface area (Å²) in [5.74, 6) is -2.21. The van der Waals surface area contributed by atoms with Crippen LogP contribution in [0.1, 0.15) is 67.2 Å². The molecule has 0 N–H and O–H groups in total. The van der Waals surface area contributed by atoms with Gasteiger partial charge in [-0.2, -0.15) is 22.0 Å². The van der Waals surface area contributed by atoms with Gasteiger partial charge in [0.15, 0.2) is 6.10 Å². The van der Waals surface area contributed by atoms with Crippen LogP contribution >= 0.6 is 0 Å². The van der Waals surface area contributed by atoms with Gasteiger partial charge in [0.25, 0.3) is 0 Å². The molecular weight excluding hydrogens is 518 g/mol. The lowest BCUT2D eigenvalue weighted by Gasteiger charge is -2.34. The van der Waals surface area contributed by atoms with E-state index in [0.717, 1.165) is 36.8 Å². The fourth-order valence-electron chi connectivity index (χ4n) is 4.95. The summed E-state index contributed by atoms with van der Waals surface area (Å²) in [7, 11) is 0. The number of hydrogen-bond acceptors (Lipinski definition) is 2. The van der Waals surface area contributed by atoms with Crippen molar-refractivity contribution < 1.29 is 35.8 Å². The molecule has 1 heterocycles. The van der Waals surface area contributed by atoms with Gasteiger partial charge in [0.1, 0.15) is 11.6 Å². The molecule has 1 aliphatic rings. The van der Waals surface area contributed by atoms with Gasteiger partial charge in [-0.15, -0.1) is 0 Å². The third kappa shape index (κ3) is 6.96. The monoisotopic (exact) mass is 550 g/mol. The van der Waals surface area contributed by atoms with E-state index in [1.165, 1.54) is 24.3 Å². The number of halogens is 6. The summed E-state index contributed by atoms with van der Waals surface area (Å²) >= 11 is 0. The Kier molecular flexibility index (Phi) is 8.94. The summed E-state index contributed by atoms with van der Waals surface area (Å²) in [4.78, 5) is 0. The van der Waals surface area contributed by atoms with Crippen molar-refractivity contribution in [2.45, 2.75) is 76.7 Å². The second kappa shape index (κ2) is 12.0. The molecule has 0 saturated carbocycles. The molecule has 0 amide bonds. The topological polar surface area (TPSA) is 18.5 Å². The van der Waals surface area contributed by atoms with E-state index in [1.54, 1.807) is 36.4 Å². The van der Waals surface area contributed by atoms with Gasteiger partial charge in [0, 0.05) is 5.92 Å². The lowest BCUT2D eigenvalue weighted by Crippen LogP contribution is -2.44. The van der Waals surface area contributed by atoms with E-state index < -0.39 is 35.7 Å². The Morgan fingerprint density at radius 1 is 0.872 bits per heavy atom. The van der Waals surface area contributed by atoms with Crippen molar-refractivity contribution in [2.75, 3.05) is 6.61 Å². The predicted octanol–water partition coefficient (Wildman–Crippen LogP) is 9.49. The molecule has 0 spiro atoms. The van der Waals surface area contributed by atoms with Gasteiger partial charge in [0.2, 0.25) is 0 Å². The van der Waals surface area contributed by atoms with Crippen molar-refractivity contribution >= 4 is 0 Å². The smallest absolute Gasteiger partial charge is 0.424 e. The molecule has 0 aliphatic carbocycles. The zero-order valence-corrected chi connectivity index (χ0v) is 22.0. The summed E-state index contributed by atoms with van der Waals surface area (Å²) in [6, 6.07) is 15.4. The highest BCUT2D eigenvalue weighted by Gasteiger charge is 2.46. The first kappa shape index (κ1) is 29.0. The summed E-state index contributed by atoms with van der Waals surface area (Å²) < 4.78 is 97.4. The molecule has 1 saturated heterocycles. The van der Waals surface area contributed by atoms with Crippen LogP contribution in [0.3, 0.4) is 0 Å². The SMILES string of the molecule is CCCCCc1ccc(-c2ccc(C3CCC(C(F)(F)Oc4ccc(C)cc4)OC3)c(F)c2C(F)(F)F)cc1. The maximum atomic E-state index is 15.5. The van der Waals surface area contributed by atoms with E-state index in [2.05, 4.69) is 6.92 Å². The van der Waals surface area contributed by atoms with Crippen molar-refractivity contribution in [1.82, 2.24) is 0 Å². The molecule has 2 nitrogen and oxygen atoms in total. The maximum absolute atomic E-state index is 15.5. The zero-order valence-electron chi connectivity index (χ0n) is 22.0. The van der Waals surface area contributed by atoms with E-state index in [-0.39, 0.29) is 41.9 Å². The quantitative estimate of drug-likeness (QED) is 0.195. The van der Waals surface area contributed by atoms with Crippen LogP contribution in [-0.2, 0) is 17.3 Å². The van der Waals surface area contributed by atoms with E-state index in [0.29, 0.717) is 0 Å². The summed E-state index contributed by atoms with van der Waals surface area (Å²) in [6.45, 7) is 3.55. The van der Waals surface area contributed by atoms with E-state index in [9.17, 15) is 22.0 Å². The van der Waals surface area contributed by atoms with Crippen LogP contribution in [0.5, 0.6) is 5.75 Å². The minimum Gasteiger partial charge on any atom is -0.431 e. The van der Waals surface area contributed by atoms with Crippen molar-refractivity contribution in [1.29, 1.82) is 0 Å². The molecule has 3 aromatic rings. The van der Waals surface area contributed by atoms with Gasteiger partial charge >= 0.3 is 12.3 Å². The number of benzene rings is 3. The minimum absolute atomic E-state index is 0.0253. The molecule has 0 aromatic heterocycles. The first-order valence-corrected chi connectivity index (χ1v) is 13.2. The fraction of sp³-hybridized carbons (Fsp3) is 0.419. The third-order valence-electron chi connectivity index (χ3n) is 7.15. The molecule has 210 valence electrons. The molecule has 2 unspecified atom stereocenters. The van der Waals surface area contributed by atoms with Crippen LogP contribution in [0.4, 0.5) is 26.3 Å². The molecule has 0 bridgehead atoms. The standard InChI is InChI=1S/C31H32F6O2/c1-3-4-5-6-21-9-11-22(12-10-21)25-16-17-26(29(32)28(25)30(33,34)35)23-13-18-27(38-19-23)31(36,37)39-24-14-7-20(2)8-15-24/h7-12,14-17,23,27H,3-6,13,18-19H2,1-2H3. The van der Waals surface area contributed by atoms with Crippen molar-refractivity contribution in [2.24, 2.45) is 0 Å². The molecule has 8 heteroatoms. The third-order valence-corrected chi connectivity index (χ3v) is 7.15. The van der Waals surface area contributed by atoms with Crippen molar-refractivity contribution in [3.63, 3.8) is 0 Å². The summed E-state index contributed by atoms with van der Waals surface area (Å²) in [5.41, 5.74) is 0.358. The van der Waals surface area contributed by atoms with Gasteiger partial charge in [-0.1, -0.05) is 73.9 Å². The average molecular weight is 551 g/mol. The number of unbranched alkanes of at least 4 members (excludes halogenated alkanes) is 2. The predicted molar refractivity (Wildman–Crippen MR) is 139 cm³/mol. The average Bonchev–Trinajstić information content (AvgIpc) is 2.90. The second-order valence-corrected chi connectivity index (χ2v) is 10.1. The Labute approximate surface area is 225 Å². The van der Waals surface area contributed by atoms with Gasteiger partial charge in [-0.25, -0.2) is 4.39 Å². The van der Waals surface area contributed by atoms with E-state index in [4.69, 9.17) is 9.47 Å². The maximum Gasteiger partial charge on any atom is 0.424 e. The second-order valence-electron chi connectivity index (χ2n) is 10.1. The highest BCUT2D eigenvalue weighted by molar-refractivity contribution is 5.69. The first-order valence-electron chi connectivity index (χ1n) is 13.2. The van der Waals surface area contributed by atoms with Crippen LogP contribution < -0.4 is 4.74 Å². The van der Waals surface area contributed by atoms with Gasteiger partial charge in [-0.3, -0.25) is 0 Å². The number of ether oxygens (including phenoxy) is 2. The molecule has 39 heavy (non-hydrogen) atoms. The summed E-state index contributed by atoms with van der Waals surface area (Å²) in [5, 5.41) is 0. The Bertz CT molecular complexity index is 1230. The Balaban J connectivity index is 1.51. The van der Waals surface area contributed by atoms with Crippen LogP contribution in [0, 0.1) is 12.7 Å². The fourth-order valence-corrected chi connectivity index (χ4v) is 4.95. The molecule has 0 radical (unpaired) electrons. The largest absolute Gasteiger partial charge is 0.431 e. The van der Waals surface area contributed by atoms with Crippen molar-refractivity contribution in [3.8, 4) is 16.9 Å². The van der Waals surface area contributed by atoms with E-state index >= 15 is 4.39 Å². The highest BCUT2D eigenvalue weighted by atomic mass is 19.4. The lowest BCUT2D eigenvalue weighted by molar-refractivity contribution is -0.262. The Morgan fingerprint density at radius 2 is 1.56 bits per heavy atom. The van der Waals surface area contributed by atoms with Crippen LogP contribution in [0.2, 0.25) is 0 Å². The Hall–Kier alpha value is -3.00. The molecular formula is C31H32F6O2. The number of hydrogen-bond donors (Lipinski definition) is 0. The highest BCUT2D eigenvalue weighted by Crippen LogP contribution is 2.43. The normalized spacial score (nSPS) is 18.3. The lowest BCUT2D eigenvalue weighted by atomic mass is 9.87. The van der Waals surface area contributed by atoms with Crippen LogP contribution in [0.15, 0.2) is 60.7 Å².